The molecule has 0 aliphatic carbocycles. The lowest BCUT2D eigenvalue weighted by atomic mass is 9.70. The molecule has 0 amide bonds. The van der Waals surface area contributed by atoms with Crippen molar-refractivity contribution in [2.24, 2.45) is 0 Å². The summed E-state index contributed by atoms with van der Waals surface area (Å²) in [7, 11) is 1.10. The van der Waals surface area contributed by atoms with Crippen LogP contribution < -0.4 is 0 Å². The van der Waals surface area contributed by atoms with Crippen LogP contribution in [-0.2, 0) is 0 Å². The van der Waals surface area contributed by atoms with Gasteiger partial charge in [0.15, 0.2) is 7.28 Å². The normalized spacial score (nSPS) is 19.1. The van der Waals surface area contributed by atoms with E-state index in [-0.39, 0.29) is 0 Å². The number of hydrogen-bond acceptors (Lipinski definition) is 1. The van der Waals surface area contributed by atoms with Gasteiger partial charge in [-0.2, -0.15) is 0 Å². The fraction of sp³-hybridized carbons (Fsp3) is 0.333. The van der Waals surface area contributed by atoms with E-state index in [9.17, 15) is 0 Å². The van der Waals surface area contributed by atoms with Gasteiger partial charge in [-0.15, -0.1) is 6.58 Å². The lowest BCUT2D eigenvalue weighted by molar-refractivity contribution is 0.474. The fourth-order valence-electron chi connectivity index (χ4n) is 1.67. The molecule has 0 fully saturated rings. The minimum absolute atomic E-state index is 0.937. The molecule has 0 aromatic rings. The maximum Gasteiger partial charge on any atom is 0.154 e. The molecule has 0 bridgehead atoms. The summed E-state index contributed by atoms with van der Waals surface area (Å²) in [6, 6.07) is 0. The molecule has 0 N–H and O–H groups in total. The second-order valence-corrected chi connectivity index (χ2v) is 3.44. The van der Waals surface area contributed by atoms with Gasteiger partial charge >= 0.3 is 0 Å². The Hall–Kier alpha value is -1.18. The third kappa shape index (κ3) is 2.66. The lowest BCUT2D eigenvalue weighted by Gasteiger charge is -2.13. The van der Waals surface area contributed by atoms with E-state index < -0.39 is 0 Å². The van der Waals surface area contributed by atoms with Crippen molar-refractivity contribution in [3.63, 3.8) is 0 Å². The highest BCUT2D eigenvalue weighted by Crippen LogP contribution is 2.16. The number of rotatable bonds is 4. The molecule has 0 aromatic heterocycles. The first kappa shape index (κ1) is 10.9. The van der Waals surface area contributed by atoms with Crippen LogP contribution in [0.2, 0.25) is 6.82 Å². The van der Waals surface area contributed by atoms with Crippen molar-refractivity contribution in [2.75, 3.05) is 13.1 Å². The minimum Gasteiger partial charge on any atom is -0.369 e. The summed E-state index contributed by atoms with van der Waals surface area (Å²) in [5, 5.41) is 0. The van der Waals surface area contributed by atoms with E-state index in [0.29, 0.717) is 0 Å². The maximum atomic E-state index is 3.74. The van der Waals surface area contributed by atoms with Crippen LogP contribution in [0.1, 0.15) is 6.92 Å². The Morgan fingerprint density at radius 3 is 3.07 bits per heavy atom. The average molecular weight is 187 g/mol. The second kappa shape index (κ2) is 5.53. The molecule has 0 saturated heterocycles. The van der Waals surface area contributed by atoms with E-state index in [1.165, 1.54) is 11.0 Å². The zero-order valence-electron chi connectivity index (χ0n) is 9.16. The molecule has 0 atom stereocenters. The van der Waals surface area contributed by atoms with E-state index in [0.717, 1.165) is 20.4 Å². The molecule has 1 aliphatic heterocycles. The first-order valence-corrected chi connectivity index (χ1v) is 5.19. The molecule has 2 heteroatoms. The number of allylic oxidation sites excluding steroid dienone is 3. The van der Waals surface area contributed by atoms with E-state index in [4.69, 9.17) is 0 Å². The molecule has 14 heavy (non-hydrogen) atoms. The van der Waals surface area contributed by atoms with Gasteiger partial charge in [0.2, 0.25) is 0 Å². The van der Waals surface area contributed by atoms with E-state index in [1.807, 2.05) is 6.08 Å². The first-order chi connectivity index (χ1) is 6.81. The molecule has 0 saturated carbocycles. The third-order valence-electron chi connectivity index (χ3n) is 2.38. The van der Waals surface area contributed by atoms with Crippen molar-refractivity contribution in [2.45, 2.75) is 13.7 Å². The highest BCUT2D eigenvalue weighted by atomic mass is 15.1. The van der Waals surface area contributed by atoms with Crippen LogP contribution in [0.3, 0.4) is 0 Å². The summed E-state index contributed by atoms with van der Waals surface area (Å²) in [6.07, 6.45) is 10.6. The first-order valence-electron chi connectivity index (χ1n) is 5.19. The van der Waals surface area contributed by atoms with Crippen molar-refractivity contribution in [1.29, 1.82) is 0 Å². The van der Waals surface area contributed by atoms with Gasteiger partial charge < -0.3 is 4.90 Å². The van der Waals surface area contributed by atoms with E-state index >= 15 is 0 Å². The second-order valence-electron chi connectivity index (χ2n) is 3.44. The molecule has 0 unspecified atom stereocenters. The quantitative estimate of drug-likeness (QED) is 0.482. The molecule has 0 spiro atoms. The van der Waals surface area contributed by atoms with Gasteiger partial charge in [0.05, 0.1) is 0 Å². The predicted octanol–water partition coefficient (Wildman–Crippen LogP) is 2.32. The molecule has 1 aliphatic rings. The van der Waals surface area contributed by atoms with Crippen molar-refractivity contribution >= 4 is 7.28 Å². The molecule has 0 aromatic carbocycles. The fourth-order valence-corrected chi connectivity index (χ4v) is 1.67. The van der Waals surface area contributed by atoms with E-state index in [2.05, 4.69) is 49.7 Å². The molecule has 1 heterocycles. The van der Waals surface area contributed by atoms with Crippen LogP contribution in [-0.4, -0.2) is 25.3 Å². The molecule has 1 nitrogen and oxygen atoms in total. The minimum atomic E-state index is 0.937. The van der Waals surface area contributed by atoms with Crippen LogP contribution in [0.4, 0.5) is 0 Å². The Morgan fingerprint density at radius 2 is 2.50 bits per heavy atom. The summed E-state index contributed by atoms with van der Waals surface area (Å²) in [4.78, 5) is 2.27. The molecule has 74 valence electrons. The largest absolute Gasteiger partial charge is 0.369 e. The summed E-state index contributed by atoms with van der Waals surface area (Å²) in [5.74, 6) is 0. The summed E-state index contributed by atoms with van der Waals surface area (Å²) in [5.41, 5.74) is 2.88. The summed E-state index contributed by atoms with van der Waals surface area (Å²) < 4.78 is 0. The Morgan fingerprint density at radius 1 is 1.71 bits per heavy atom. The maximum absolute atomic E-state index is 3.74. The monoisotopic (exact) mass is 187 g/mol. The standard InChI is InChI=1S/C12H18BN/c1-4-6-12(13-3)11-7-9-14(10-11)8-5-2/h4-7,9,13H,2,8,10H2,1,3H3/b6-4-,12-11+. The van der Waals surface area contributed by atoms with Crippen LogP contribution in [0, 0.1) is 0 Å². The molecule has 0 radical (unpaired) electrons. The summed E-state index contributed by atoms with van der Waals surface area (Å²) in [6.45, 7) is 9.98. The lowest BCUT2D eigenvalue weighted by Crippen LogP contribution is -2.15. The summed E-state index contributed by atoms with van der Waals surface area (Å²) >= 11 is 0. The average Bonchev–Trinajstić information content (AvgIpc) is 2.63. The Balaban J connectivity index is 2.72. The van der Waals surface area contributed by atoms with Crippen molar-refractivity contribution in [3.05, 3.63) is 48.1 Å². The Bertz CT molecular complexity index is 287. The van der Waals surface area contributed by atoms with Gasteiger partial charge in [-0.05, 0) is 18.6 Å². The third-order valence-corrected chi connectivity index (χ3v) is 2.38. The van der Waals surface area contributed by atoms with Crippen LogP contribution in [0.25, 0.3) is 0 Å². The Labute approximate surface area is 87.7 Å². The van der Waals surface area contributed by atoms with Gasteiger partial charge in [0.1, 0.15) is 0 Å². The van der Waals surface area contributed by atoms with Crippen LogP contribution in [0.15, 0.2) is 48.1 Å². The van der Waals surface area contributed by atoms with Crippen LogP contribution >= 0.6 is 0 Å². The highest BCUT2D eigenvalue weighted by molar-refractivity contribution is 6.45. The van der Waals surface area contributed by atoms with Crippen molar-refractivity contribution < 1.29 is 0 Å². The van der Waals surface area contributed by atoms with Gasteiger partial charge in [-0.1, -0.05) is 30.5 Å². The van der Waals surface area contributed by atoms with Crippen molar-refractivity contribution in [1.82, 2.24) is 4.90 Å². The smallest absolute Gasteiger partial charge is 0.154 e. The van der Waals surface area contributed by atoms with Crippen molar-refractivity contribution in [3.8, 4) is 0 Å². The van der Waals surface area contributed by atoms with Gasteiger partial charge in [0.25, 0.3) is 0 Å². The topological polar surface area (TPSA) is 3.24 Å². The Kier molecular flexibility index (Phi) is 4.31. The van der Waals surface area contributed by atoms with Crippen LogP contribution in [0.5, 0.6) is 0 Å². The van der Waals surface area contributed by atoms with E-state index in [1.54, 1.807) is 0 Å². The van der Waals surface area contributed by atoms with Gasteiger partial charge in [-0.3, -0.25) is 0 Å². The SMILES string of the molecule is C=CCN1C=C/C(=C(BC)/C=C\C)C1. The van der Waals surface area contributed by atoms with Gasteiger partial charge in [0, 0.05) is 19.3 Å². The number of nitrogens with zero attached hydrogens (tertiary/aromatic N) is 1. The molecular weight excluding hydrogens is 169 g/mol. The molecular formula is C12H18BN. The van der Waals surface area contributed by atoms with Gasteiger partial charge in [-0.25, -0.2) is 0 Å². The predicted molar refractivity (Wildman–Crippen MR) is 65.8 cm³/mol. The highest BCUT2D eigenvalue weighted by Gasteiger charge is 2.09. The molecule has 1 rings (SSSR count). The number of hydrogen-bond donors (Lipinski definition) is 0. The zero-order valence-corrected chi connectivity index (χ0v) is 9.16. The zero-order chi connectivity index (χ0) is 10.4.